The van der Waals surface area contributed by atoms with Gasteiger partial charge in [0.15, 0.2) is 0 Å². The van der Waals surface area contributed by atoms with E-state index in [0.29, 0.717) is 5.76 Å². The van der Waals surface area contributed by atoms with Crippen molar-refractivity contribution in [3.63, 3.8) is 0 Å². The van der Waals surface area contributed by atoms with Crippen molar-refractivity contribution in [2.45, 2.75) is 5.92 Å². The zero-order valence-electron chi connectivity index (χ0n) is 14.5. The summed E-state index contributed by atoms with van der Waals surface area (Å²) in [6.07, 6.45) is 2.90. The molecule has 0 saturated heterocycles. The molecule has 0 fully saturated rings. The molecule has 0 unspecified atom stereocenters. The molecule has 1 aromatic heterocycles. The Balaban J connectivity index is 1.62. The number of nitrogens with zero attached hydrogens (tertiary/aromatic N) is 1. The number of rotatable bonds is 7. The van der Waals surface area contributed by atoms with E-state index in [9.17, 15) is 9.59 Å². The second-order valence-corrected chi connectivity index (χ2v) is 5.78. The van der Waals surface area contributed by atoms with Crippen molar-refractivity contribution in [1.29, 1.82) is 0 Å². The highest BCUT2D eigenvalue weighted by Gasteiger charge is 2.22. The number of furan rings is 1. The van der Waals surface area contributed by atoms with Crippen LogP contribution in [-0.2, 0) is 9.59 Å². The highest BCUT2D eigenvalue weighted by atomic mass is 16.3. The molecule has 6 nitrogen and oxygen atoms in total. The van der Waals surface area contributed by atoms with Gasteiger partial charge in [-0.25, -0.2) is 5.43 Å². The van der Waals surface area contributed by atoms with Gasteiger partial charge in [-0.05, 0) is 23.3 Å². The summed E-state index contributed by atoms with van der Waals surface area (Å²) in [5, 5.41) is 6.46. The molecule has 136 valence electrons. The number of carbonyl (C=O) groups is 2. The monoisotopic (exact) mass is 361 g/mol. The maximum absolute atomic E-state index is 12.8. The number of hydrogen-bond acceptors (Lipinski definition) is 4. The van der Waals surface area contributed by atoms with Gasteiger partial charge in [-0.15, -0.1) is 0 Å². The first kappa shape index (κ1) is 18.1. The Morgan fingerprint density at radius 3 is 2.11 bits per heavy atom. The third-order valence-corrected chi connectivity index (χ3v) is 3.88. The molecule has 2 aromatic carbocycles. The average molecular weight is 361 g/mol. The van der Waals surface area contributed by atoms with Crippen molar-refractivity contribution < 1.29 is 14.0 Å². The van der Waals surface area contributed by atoms with Crippen LogP contribution in [0.15, 0.2) is 88.6 Å². The molecule has 2 amide bonds. The lowest BCUT2D eigenvalue weighted by atomic mass is 9.90. The predicted octanol–water partition coefficient (Wildman–Crippen LogP) is 2.68. The molecule has 6 heteroatoms. The van der Waals surface area contributed by atoms with Crippen LogP contribution in [0.5, 0.6) is 0 Å². The van der Waals surface area contributed by atoms with E-state index in [1.165, 1.54) is 12.5 Å². The topological polar surface area (TPSA) is 83.7 Å². The number of benzene rings is 2. The predicted molar refractivity (Wildman–Crippen MR) is 102 cm³/mol. The number of nitrogens with one attached hydrogen (secondary N) is 2. The highest BCUT2D eigenvalue weighted by Crippen LogP contribution is 2.24. The van der Waals surface area contributed by atoms with Crippen LogP contribution < -0.4 is 10.7 Å². The lowest BCUT2D eigenvalue weighted by Crippen LogP contribution is -2.37. The summed E-state index contributed by atoms with van der Waals surface area (Å²) in [5.74, 6) is -0.650. The van der Waals surface area contributed by atoms with Crippen molar-refractivity contribution in [1.82, 2.24) is 10.7 Å². The van der Waals surface area contributed by atoms with E-state index in [1.807, 2.05) is 60.7 Å². The molecule has 0 atom stereocenters. The SMILES string of the molecule is O=C(CNC(=O)C(c1ccccc1)c1ccccc1)NN=Cc1ccco1. The molecular formula is C21H19N3O3. The van der Waals surface area contributed by atoms with Crippen molar-refractivity contribution in [2.75, 3.05) is 6.54 Å². The number of hydrazone groups is 1. The Kier molecular flexibility index (Phi) is 6.14. The number of amides is 2. The highest BCUT2D eigenvalue weighted by molar-refractivity contribution is 5.91. The van der Waals surface area contributed by atoms with E-state index in [2.05, 4.69) is 15.8 Å². The fourth-order valence-corrected chi connectivity index (χ4v) is 2.63. The molecule has 27 heavy (non-hydrogen) atoms. The maximum Gasteiger partial charge on any atom is 0.259 e. The molecule has 0 radical (unpaired) electrons. The first-order chi connectivity index (χ1) is 13.2. The molecular weight excluding hydrogens is 342 g/mol. The molecule has 3 rings (SSSR count). The summed E-state index contributed by atoms with van der Waals surface area (Å²) in [7, 11) is 0. The summed E-state index contributed by atoms with van der Waals surface area (Å²) in [6, 6.07) is 22.3. The maximum atomic E-state index is 12.8. The second-order valence-electron chi connectivity index (χ2n) is 5.78. The third kappa shape index (κ3) is 5.15. The van der Waals surface area contributed by atoms with Gasteiger partial charge in [-0.2, -0.15) is 5.10 Å². The van der Waals surface area contributed by atoms with E-state index in [-0.39, 0.29) is 12.5 Å². The van der Waals surface area contributed by atoms with E-state index >= 15 is 0 Å². The molecule has 0 saturated carbocycles. The van der Waals surface area contributed by atoms with Gasteiger partial charge in [0.05, 0.1) is 24.9 Å². The quantitative estimate of drug-likeness (QED) is 0.501. The summed E-state index contributed by atoms with van der Waals surface area (Å²) < 4.78 is 5.07. The number of carbonyl (C=O) groups excluding carboxylic acids is 2. The van der Waals surface area contributed by atoms with Crippen LogP contribution in [0.1, 0.15) is 22.8 Å². The Morgan fingerprint density at radius 2 is 1.56 bits per heavy atom. The standard InChI is InChI=1S/C21H19N3O3/c25-19(24-23-14-18-12-7-13-27-18)15-22-21(26)20(16-8-3-1-4-9-16)17-10-5-2-6-11-17/h1-14,20H,15H2,(H,22,26)(H,24,25). The van der Waals surface area contributed by atoms with Crippen molar-refractivity contribution in [3.05, 3.63) is 95.9 Å². The van der Waals surface area contributed by atoms with Gasteiger partial charge in [0.2, 0.25) is 5.91 Å². The summed E-state index contributed by atoms with van der Waals surface area (Å²) in [5.41, 5.74) is 4.07. The summed E-state index contributed by atoms with van der Waals surface area (Å²) >= 11 is 0. The third-order valence-electron chi connectivity index (χ3n) is 3.88. The zero-order chi connectivity index (χ0) is 18.9. The molecule has 0 bridgehead atoms. The van der Waals surface area contributed by atoms with E-state index in [0.717, 1.165) is 11.1 Å². The van der Waals surface area contributed by atoms with Crippen LogP contribution in [0, 0.1) is 0 Å². The first-order valence-corrected chi connectivity index (χ1v) is 8.47. The first-order valence-electron chi connectivity index (χ1n) is 8.47. The zero-order valence-corrected chi connectivity index (χ0v) is 14.5. The van der Waals surface area contributed by atoms with Gasteiger partial charge in [0, 0.05) is 0 Å². The van der Waals surface area contributed by atoms with Gasteiger partial charge < -0.3 is 9.73 Å². The molecule has 0 aliphatic carbocycles. The smallest absolute Gasteiger partial charge is 0.259 e. The fourth-order valence-electron chi connectivity index (χ4n) is 2.63. The van der Waals surface area contributed by atoms with Crippen LogP contribution in [0.4, 0.5) is 0 Å². The van der Waals surface area contributed by atoms with E-state index < -0.39 is 11.8 Å². The molecule has 0 aliphatic rings. The van der Waals surface area contributed by atoms with Gasteiger partial charge in [-0.1, -0.05) is 60.7 Å². The van der Waals surface area contributed by atoms with Crippen LogP contribution in [-0.4, -0.2) is 24.6 Å². The molecule has 1 heterocycles. The molecule has 3 aromatic rings. The molecule has 2 N–H and O–H groups in total. The van der Waals surface area contributed by atoms with E-state index in [4.69, 9.17) is 4.42 Å². The minimum atomic E-state index is -0.494. The van der Waals surface area contributed by atoms with Gasteiger partial charge in [-0.3, -0.25) is 9.59 Å². The van der Waals surface area contributed by atoms with E-state index in [1.54, 1.807) is 12.1 Å². The Hall–Kier alpha value is -3.67. The number of hydrogen-bond donors (Lipinski definition) is 2. The lowest BCUT2D eigenvalue weighted by molar-refractivity contribution is -0.126. The largest absolute Gasteiger partial charge is 0.463 e. The van der Waals surface area contributed by atoms with Crippen molar-refractivity contribution >= 4 is 18.0 Å². The van der Waals surface area contributed by atoms with Gasteiger partial charge in [0.1, 0.15) is 5.76 Å². The van der Waals surface area contributed by atoms with Crippen molar-refractivity contribution in [2.24, 2.45) is 5.10 Å². The fraction of sp³-hybridized carbons (Fsp3) is 0.0952. The summed E-state index contributed by atoms with van der Waals surface area (Å²) in [4.78, 5) is 24.7. The van der Waals surface area contributed by atoms with Gasteiger partial charge in [0.25, 0.3) is 5.91 Å². The minimum Gasteiger partial charge on any atom is -0.463 e. The van der Waals surface area contributed by atoms with Crippen LogP contribution in [0.3, 0.4) is 0 Å². The van der Waals surface area contributed by atoms with Crippen LogP contribution in [0.2, 0.25) is 0 Å². The van der Waals surface area contributed by atoms with Crippen LogP contribution >= 0.6 is 0 Å². The molecule has 0 spiro atoms. The average Bonchev–Trinajstić information content (AvgIpc) is 3.22. The van der Waals surface area contributed by atoms with Crippen LogP contribution in [0.25, 0.3) is 0 Å². The Labute approximate surface area is 156 Å². The Morgan fingerprint density at radius 1 is 0.926 bits per heavy atom. The normalized spacial score (nSPS) is 10.9. The van der Waals surface area contributed by atoms with Gasteiger partial charge >= 0.3 is 0 Å². The molecule has 0 aliphatic heterocycles. The second kappa shape index (κ2) is 9.15. The van der Waals surface area contributed by atoms with Crippen molar-refractivity contribution in [3.8, 4) is 0 Å². The lowest BCUT2D eigenvalue weighted by Gasteiger charge is -2.17. The minimum absolute atomic E-state index is 0.176. The Bertz CT molecular complexity index is 851. The summed E-state index contributed by atoms with van der Waals surface area (Å²) in [6.45, 7) is -0.176.